The average molecular weight is 390 g/mol. The van der Waals surface area contributed by atoms with Crippen LogP contribution in [0.2, 0.25) is 5.02 Å². The molecule has 0 atom stereocenters. The monoisotopic (exact) mass is 389 g/mol. The molecule has 0 aliphatic heterocycles. The minimum atomic E-state index is -0.195. The van der Waals surface area contributed by atoms with Crippen LogP contribution in [0.15, 0.2) is 18.2 Å². The SMILES string of the molecule is CCCCN(CCCC)CCCNC(=O)Nc1c(C)cccc1Cl.Cl. The zero-order chi connectivity index (χ0) is 17.8. The first-order valence-electron chi connectivity index (χ1n) is 9.10. The molecule has 6 heteroatoms. The van der Waals surface area contributed by atoms with E-state index in [1.165, 1.54) is 25.7 Å². The molecule has 0 spiro atoms. The molecule has 0 aliphatic rings. The van der Waals surface area contributed by atoms with E-state index >= 15 is 0 Å². The highest BCUT2D eigenvalue weighted by Crippen LogP contribution is 2.24. The summed E-state index contributed by atoms with van der Waals surface area (Å²) in [5.74, 6) is 0. The van der Waals surface area contributed by atoms with Gasteiger partial charge in [0, 0.05) is 6.54 Å². The number of para-hydroxylation sites is 1. The van der Waals surface area contributed by atoms with Crippen LogP contribution in [-0.2, 0) is 0 Å². The number of carbonyl (C=O) groups excluding carboxylic acids is 1. The van der Waals surface area contributed by atoms with Crippen molar-refractivity contribution in [3.63, 3.8) is 0 Å². The summed E-state index contributed by atoms with van der Waals surface area (Å²) in [6.07, 6.45) is 5.89. The van der Waals surface area contributed by atoms with E-state index in [0.717, 1.165) is 31.6 Å². The van der Waals surface area contributed by atoms with Crippen LogP contribution < -0.4 is 10.6 Å². The van der Waals surface area contributed by atoms with Crippen molar-refractivity contribution >= 4 is 35.7 Å². The summed E-state index contributed by atoms with van der Waals surface area (Å²) in [6, 6.07) is 5.39. The second-order valence-electron chi connectivity index (χ2n) is 6.21. The fourth-order valence-corrected chi connectivity index (χ4v) is 2.82. The number of amides is 2. The van der Waals surface area contributed by atoms with Crippen molar-refractivity contribution in [3.8, 4) is 0 Å². The molecule has 0 unspecified atom stereocenters. The van der Waals surface area contributed by atoms with Gasteiger partial charge in [-0.1, -0.05) is 50.4 Å². The Morgan fingerprint density at radius 3 is 2.24 bits per heavy atom. The van der Waals surface area contributed by atoms with Crippen LogP contribution in [0.25, 0.3) is 0 Å². The van der Waals surface area contributed by atoms with Crippen LogP contribution in [-0.4, -0.2) is 37.1 Å². The van der Waals surface area contributed by atoms with E-state index in [4.69, 9.17) is 11.6 Å². The lowest BCUT2D eigenvalue weighted by atomic mass is 10.2. The standard InChI is InChI=1S/C19H32ClN3O.ClH/c1-4-6-13-23(14-7-5-2)15-9-12-21-19(24)22-18-16(3)10-8-11-17(18)20;/h8,10-11H,4-7,9,12-15H2,1-3H3,(H2,21,22,24);1H. The molecule has 4 nitrogen and oxygen atoms in total. The fourth-order valence-electron chi connectivity index (χ4n) is 2.55. The van der Waals surface area contributed by atoms with Crippen molar-refractivity contribution in [2.24, 2.45) is 0 Å². The van der Waals surface area contributed by atoms with Gasteiger partial charge in [-0.2, -0.15) is 0 Å². The molecule has 0 heterocycles. The summed E-state index contributed by atoms with van der Waals surface area (Å²) < 4.78 is 0. The number of rotatable bonds is 11. The Labute approximate surface area is 164 Å². The number of halogens is 2. The molecule has 2 N–H and O–H groups in total. The van der Waals surface area contributed by atoms with Crippen LogP contribution in [0.1, 0.15) is 51.5 Å². The number of benzene rings is 1. The van der Waals surface area contributed by atoms with Gasteiger partial charge in [0.05, 0.1) is 10.7 Å². The summed E-state index contributed by atoms with van der Waals surface area (Å²) in [5.41, 5.74) is 1.65. The number of anilines is 1. The van der Waals surface area contributed by atoms with Gasteiger partial charge < -0.3 is 15.5 Å². The van der Waals surface area contributed by atoms with Gasteiger partial charge in [-0.15, -0.1) is 12.4 Å². The smallest absolute Gasteiger partial charge is 0.319 e. The molecule has 0 bridgehead atoms. The molecule has 0 aliphatic carbocycles. The third kappa shape index (κ3) is 9.93. The molecule has 1 rings (SSSR count). The quantitative estimate of drug-likeness (QED) is 0.491. The van der Waals surface area contributed by atoms with Gasteiger partial charge in [0.2, 0.25) is 0 Å². The second-order valence-corrected chi connectivity index (χ2v) is 6.62. The highest BCUT2D eigenvalue weighted by Gasteiger charge is 2.08. The summed E-state index contributed by atoms with van der Waals surface area (Å²) in [6.45, 7) is 10.4. The Bertz CT molecular complexity index is 469. The first-order valence-corrected chi connectivity index (χ1v) is 9.48. The van der Waals surface area contributed by atoms with Crippen LogP contribution in [0, 0.1) is 6.92 Å². The third-order valence-corrected chi connectivity index (χ3v) is 4.37. The number of unbranched alkanes of at least 4 members (excludes halogenated alkanes) is 2. The zero-order valence-corrected chi connectivity index (χ0v) is 17.3. The number of hydrogen-bond donors (Lipinski definition) is 2. The third-order valence-electron chi connectivity index (χ3n) is 4.05. The number of nitrogens with one attached hydrogen (secondary N) is 2. The van der Waals surface area contributed by atoms with E-state index in [1.54, 1.807) is 6.07 Å². The number of aryl methyl sites for hydroxylation is 1. The van der Waals surface area contributed by atoms with Crippen LogP contribution in [0.4, 0.5) is 10.5 Å². The van der Waals surface area contributed by atoms with Crippen molar-refractivity contribution in [2.45, 2.75) is 52.9 Å². The Morgan fingerprint density at radius 1 is 1.08 bits per heavy atom. The van der Waals surface area contributed by atoms with Crippen molar-refractivity contribution in [1.29, 1.82) is 0 Å². The van der Waals surface area contributed by atoms with Crippen LogP contribution >= 0.6 is 24.0 Å². The predicted molar refractivity (Wildman–Crippen MR) is 111 cm³/mol. The summed E-state index contributed by atoms with van der Waals surface area (Å²) in [5, 5.41) is 6.32. The number of nitrogens with zero attached hydrogens (tertiary/aromatic N) is 1. The molecule has 0 radical (unpaired) electrons. The second kappa shape index (κ2) is 14.2. The van der Waals surface area contributed by atoms with E-state index in [0.29, 0.717) is 17.3 Å². The maximum absolute atomic E-state index is 12.0. The number of carbonyl (C=O) groups is 1. The van der Waals surface area contributed by atoms with Gasteiger partial charge in [-0.05, 0) is 57.5 Å². The molecule has 2 amide bonds. The Balaban J connectivity index is 0.00000576. The van der Waals surface area contributed by atoms with Crippen molar-refractivity contribution in [2.75, 3.05) is 31.5 Å². The molecule has 144 valence electrons. The first kappa shape index (κ1) is 24.0. The van der Waals surface area contributed by atoms with Gasteiger partial charge in [-0.3, -0.25) is 0 Å². The van der Waals surface area contributed by atoms with Crippen LogP contribution in [0.5, 0.6) is 0 Å². The Hall–Kier alpha value is -0.970. The maximum Gasteiger partial charge on any atom is 0.319 e. The predicted octanol–water partition coefficient (Wildman–Crippen LogP) is 5.48. The van der Waals surface area contributed by atoms with Gasteiger partial charge in [0.15, 0.2) is 0 Å². The van der Waals surface area contributed by atoms with Crippen LogP contribution in [0.3, 0.4) is 0 Å². The topological polar surface area (TPSA) is 44.4 Å². The summed E-state index contributed by atoms with van der Waals surface area (Å²) >= 11 is 6.12. The molecule has 1 aromatic rings. The van der Waals surface area contributed by atoms with Gasteiger partial charge in [-0.25, -0.2) is 4.79 Å². The molecular formula is C19H33Cl2N3O. The summed E-state index contributed by atoms with van der Waals surface area (Å²) in [4.78, 5) is 14.5. The Morgan fingerprint density at radius 2 is 1.68 bits per heavy atom. The number of urea groups is 1. The van der Waals surface area contributed by atoms with Gasteiger partial charge in [0.25, 0.3) is 0 Å². The molecule has 0 aromatic heterocycles. The lowest BCUT2D eigenvalue weighted by Gasteiger charge is -2.22. The lowest BCUT2D eigenvalue weighted by Crippen LogP contribution is -2.33. The highest BCUT2D eigenvalue weighted by molar-refractivity contribution is 6.33. The van der Waals surface area contributed by atoms with E-state index in [2.05, 4.69) is 29.4 Å². The average Bonchev–Trinajstić information content (AvgIpc) is 2.56. The van der Waals surface area contributed by atoms with Gasteiger partial charge >= 0.3 is 6.03 Å². The first-order chi connectivity index (χ1) is 11.6. The lowest BCUT2D eigenvalue weighted by molar-refractivity contribution is 0.246. The molecule has 0 saturated carbocycles. The molecule has 0 saturated heterocycles. The molecule has 25 heavy (non-hydrogen) atoms. The van der Waals surface area contributed by atoms with E-state index < -0.39 is 0 Å². The minimum Gasteiger partial charge on any atom is -0.338 e. The van der Waals surface area contributed by atoms with Gasteiger partial charge in [0.1, 0.15) is 0 Å². The Kier molecular flexibility index (Phi) is 13.7. The molecular weight excluding hydrogens is 357 g/mol. The number of hydrogen-bond acceptors (Lipinski definition) is 2. The summed E-state index contributed by atoms with van der Waals surface area (Å²) in [7, 11) is 0. The highest BCUT2D eigenvalue weighted by atomic mass is 35.5. The van der Waals surface area contributed by atoms with Crippen molar-refractivity contribution < 1.29 is 4.79 Å². The largest absolute Gasteiger partial charge is 0.338 e. The van der Waals surface area contributed by atoms with Crippen molar-refractivity contribution in [3.05, 3.63) is 28.8 Å². The maximum atomic E-state index is 12.0. The molecule has 1 aromatic carbocycles. The van der Waals surface area contributed by atoms with Crippen molar-refractivity contribution in [1.82, 2.24) is 10.2 Å². The minimum absolute atomic E-state index is 0. The van der Waals surface area contributed by atoms with E-state index in [9.17, 15) is 4.79 Å². The zero-order valence-electron chi connectivity index (χ0n) is 15.7. The van der Waals surface area contributed by atoms with E-state index in [-0.39, 0.29) is 18.4 Å². The fraction of sp³-hybridized carbons (Fsp3) is 0.632. The normalized spacial score (nSPS) is 10.4. The van der Waals surface area contributed by atoms with E-state index in [1.807, 2.05) is 19.1 Å². The molecule has 0 fully saturated rings.